The quantitative estimate of drug-likeness (QED) is 0.409. The van der Waals surface area contributed by atoms with E-state index in [1.54, 1.807) is 20.1 Å². The molecule has 1 unspecified atom stereocenters. The molecule has 4 aromatic rings. The van der Waals surface area contributed by atoms with Crippen LogP contribution in [0.3, 0.4) is 0 Å². The maximum Gasteiger partial charge on any atom is 0.230 e. The van der Waals surface area contributed by atoms with Crippen molar-refractivity contribution in [3.8, 4) is 17.4 Å². The van der Waals surface area contributed by atoms with E-state index in [-0.39, 0.29) is 17.7 Å². The second kappa shape index (κ2) is 9.71. The van der Waals surface area contributed by atoms with Crippen molar-refractivity contribution in [1.29, 1.82) is 0 Å². The summed E-state index contributed by atoms with van der Waals surface area (Å²) in [5, 5.41) is 15.5. The number of nitrogens with zero attached hydrogens (tertiary/aromatic N) is 5. The molecule has 3 heterocycles. The summed E-state index contributed by atoms with van der Waals surface area (Å²) in [6.07, 6.45) is 0. The summed E-state index contributed by atoms with van der Waals surface area (Å²) >= 11 is 1.42. The maximum absolute atomic E-state index is 14.4. The number of aryl methyl sites for hydroxylation is 1. The lowest BCUT2D eigenvalue weighted by Gasteiger charge is -2.40. The van der Waals surface area contributed by atoms with Gasteiger partial charge in [0.25, 0.3) is 0 Å². The van der Waals surface area contributed by atoms with E-state index in [4.69, 9.17) is 9.47 Å². The van der Waals surface area contributed by atoms with Crippen molar-refractivity contribution in [3.05, 3.63) is 64.5 Å². The lowest BCUT2D eigenvalue weighted by atomic mass is 10.0. The molecule has 0 bridgehead atoms. The Bertz CT molecular complexity index is 1330. The molecule has 0 radical (unpaired) electrons. The number of rotatable bonds is 7. The van der Waals surface area contributed by atoms with Crippen LogP contribution < -0.4 is 14.4 Å². The second-order valence-electron chi connectivity index (χ2n) is 8.36. The molecule has 184 valence electrons. The summed E-state index contributed by atoms with van der Waals surface area (Å²) in [6.45, 7) is 6.94. The van der Waals surface area contributed by atoms with Gasteiger partial charge in [0.15, 0.2) is 11.5 Å². The van der Waals surface area contributed by atoms with E-state index in [0.29, 0.717) is 60.8 Å². The molecule has 0 aliphatic carbocycles. The van der Waals surface area contributed by atoms with Gasteiger partial charge in [-0.2, -0.15) is 4.52 Å². The van der Waals surface area contributed by atoms with Crippen LogP contribution in [0, 0.1) is 12.7 Å². The number of para-hydroxylation sites is 1. The van der Waals surface area contributed by atoms with Gasteiger partial charge < -0.3 is 19.5 Å². The molecular weight excluding hydrogens is 469 g/mol. The molecule has 2 aromatic carbocycles. The largest absolute Gasteiger partial charge is 0.493 e. The topological polar surface area (TPSA) is 75.4 Å². The minimum atomic E-state index is -0.254. The lowest BCUT2D eigenvalue weighted by molar-refractivity contribution is 0.210. The van der Waals surface area contributed by atoms with E-state index in [0.717, 1.165) is 10.4 Å². The monoisotopic (exact) mass is 497 g/mol. The Labute approximate surface area is 207 Å². The highest BCUT2D eigenvalue weighted by molar-refractivity contribution is 7.17. The average Bonchev–Trinajstić information content (AvgIpc) is 3.37. The molecule has 0 saturated carbocycles. The lowest BCUT2D eigenvalue weighted by Crippen LogP contribution is -2.48. The minimum absolute atomic E-state index is 0.0833. The Morgan fingerprint density at radius 2 is 1.89 bits per heavy atom. The van der Waals surface area contributed by atoms with Crippen LogP contribution in [-0.2, 0) is 0 Å². The van der Waals surface area contributed by atoms with E-state index in [2.05, 4.69) is 19.9 Å². The van der Waals surface area contributed by atoms with E-state index in [1.165, 1.54) is 21.9 Å². The van der Waals surface area contributed by atoms with Crippen LogP contribution in [0.1, 0.15) is 29.2 Å². The number of thiazole rings is 1. The molecule has 1 N–H and O–H groups in total. The number of aromatic hydroxyl groups is 1. The molecule has 1 atom stereocenters. The zero-order valence-electron chi connectivity index (χ0n) is 19.9. The van der Waals surface area contributed by atoms with E-state index in [9.17, 15) is 9.50 Å². The first-order valence-electron chi connectivity index (χ1n) is 11.6. The number of piperazine rings is 1. The van der Waals surface area contributed by atoms with Gasteiger partial charge in [0.1, 0.15) is 11.6 Å². The molecule has 1 fully saturated rings. The first-order valence-corrected chi connectivity index (χ1v) is 12.4. The number of hydrogen-bond acceptors (Lipinski definition) is 8. The molecule has 35 heavy (non-hydrogen) atoms. The molecule has 5 rings (SSSR count). The maximum atomic E-state index is 14.4. The number of aromatic nitrogens is 3. The van der Waals surface area contributed by atoms with Crippen LogP contribution in [0.15, 0.2) is 42.5 Å². The molecule has 8 nitrogen and oxygen atoms in total. The number of fused-ring (bicyclic) bond motifs is 1. The third kappa shape index (κ3) is 4.39. The zero-order valence-corrected chi connectivity index (χ0v) is 20.8. The van der Waals surface area contributed by atoms with Gasteiger partial charge in [0.05, 0.1) is 30.3 Å². The minimum Gasteiger partial charge on any atom is -0.493 e. The summed E-state index contributed by atoms with van der Waals surface area (Å²) in [6, 6.07) is 12.5. The van der Waals surface area contributed by atoms with Crippen LogP contribution >= 0.6 is 11.3 Å². The van der Waals surface area contributed by atoms with Gasteiger partial charge in [-0.3, -0.25) is 4.90 Å². The molecule has 1 aliphatic heterocycles. The Morgan fingerprint density at radius 3 is 2.57 bits per heavy atom. The fourth-order valence-corrected chi connectivity index (χ4v) is 5.78. The molecule has 0 spiro atoms. The number of halogens is 1. The van der Waals surface area contributed by atoms with Gasteiger partial charge in [-0.05, 0) is 43.7 Å². The fraction of sp³-hybridized carbons (Fsp3) is 0.360. The highest BCUT2D eigenvalue weighted by Gasteiger charge is 2.32. The number of anilines is 1. The second-order valence-corrected chi connectivity index (χ2v) is 9.37. The predicted octanol–water partition coefficient (Wildman–Crippen LogP) is 4.26. The molecule has 1 aliphatic rings. The first-order chi connectivity index (χ1) is 17.0. The summed E-state index contributed by atoms with van der Waals surface area (Å²) in [5.74, 6) is 1.78. The third-order valence-electron chi connectivity index (χ3n) is 6.23. The van der Waals surface area contributed by atoms with Crippen LogP contribution in [-0.4, -0.2) is 64.5 Å². The van der Waals surface area contributed by atoms with E-state index >= 15 is 0 Å². The van der Waals surface area contributed by atoms with Gasteiger partial charge in [-0.1, -0.05) is 29.5 Å². The van der Waals surface area contributed by atoms with Gasteiger partial charge in [0, 0.05) is 26.2 Å². The van der Waals surface area contributed by atoms with Gasteiger partial charge in [-0.25, -0.2) is 9.37 Å². The van der Waals surface area contributed by atoms with Crippen LogP contribution in [0.2, 0.25) is 0 Å². The highest BCUT2D eigenvalue weighted by atomic mass is 32.1. The Balaban J connectivity index is 1.51. The molecular formula is C25H28FN5O3S. The van der Waals surface area contributed by atoms with Crippen molar-refractivity contribution < 1.29 is 19.0 Å². The van der Waals surface area contributed by atoms with Gasteiger partial charge in [-0.15, -0.1) is 5.10 Å². The summed E-state index contributed by atoms with van der Waals surface area (Å²) < 4.78 is 27.2. The van der Waals surface area contributed by atoms with Crippen molar-refractivity contribution in [2.24, 2.45) is 0 Å². The Kier molecular flexibility index (Phi) is 6.48. The van der Waals surface area contributed by atoms with E-state index < -0.39 is 0 Å². The smallest absolute Gasteiger partial charge is 0.230 e. The zero-order chi connectivity index (χ0) is 24.5. The number of methoxy groups -OCH3 is 1. The molecule has 0 amide bonds. The summed E-state index contributed by atoms with van der Waals surface area (Å²) in [7, 11) is 1.62. The van der Waals surface area contributed by atoms with Gasteiger partial charge >= 0.3 is 0 Å². The third-order valence-corrected chi connectivity index (χ3v) is 7.30. The van der Waals surface area contributed by atoms with Crippen LogP contribution in [0.4, 0.5) is 10.1 Å². The molecule has 1 saturated heterocycles. The number of hydrogen-bond donors (Lipinski definition) is 1. The Morgan fingerprint density at radius 1 is 1.11 bits per heavy atom. The normalized spacial score (nSPS) is 15.5. The predicted molar refractivity (Wildman–Crippen MR) is 133 cm³/mol. The van der Waals surface area contributed by atoms with Crippen LogP contribution in [0.25, 0.3) is 4.96 Å². The van der Waals surface area contributed by atoms with Crippen LogP contribution in [0.5, 0.6) is 17.4 Å². The highest BCUT2D eigenvalue weighted by Crippen LogP contribution is 2.42. The number of ether oxygens (including phenoxy) is 2. The standard InChI is InChI=1S/C25H28FN5O3S/c1-4-34-20-10-9-17(15-21(20)33-3)22(23-24(32)31-25(35-23)27-16(2)28-31)30-13-11-29(12-14-30)19-8-6-5-7-18(19)26/h5-10,15,22,32H,4,11-14H2,1-3H3. The first kappa shape index (κ1) is 23.4. The van der Waals surface area contributed by atoms with Crippen molar-refractivity contribution in [2.45, 2.75) is 19.9 Å². The molecule has 2 aromatic heterocycles. The van der Waals surface area contributed by atoms with Gasteiger partial charge in [0.2, 0.25) is 10.8 Å². The van der Waals surface area contributed by atoms with Crippen molar-refractivity contribution in [2.75, 3.05) is 44.8 Å². The summed E-state index contributed by atoms with van der Waals surface area (Å²) in [5.41, 5.74) is 1.57. The average molecular weight is 498 g/mol. The van der Waals surface area contributed by atoms with E-state index in [1.807, 2.05) is 37.3 Å². The van der Waals surface area contributed by atoms with Crippen molar-refractivity contribution >= 4 is 22.0 Å². The SMILES string of the molecule is CCOc1ccc(C(c2sc3nc(C)nn3c2O)N2CCN(c3ccccc3F)CC2)cc1OC. The van der Waals surface area contributed by atoms with Crippen molar-refractivity contribution in [3.63, 3.8) is 0 Å². The Hall–Kier alpha value is -3.37. The number of benzene rings is 2. The fourth-order valence-electron chi connectivity index (χ4n) is 4.61. The van der Waals surface area contributed by atoms with Crippen molar-refractivity contribution in [1.82, 2.24) is 19.5 Å². The summed E-state index contributed by atoms with van der Waals surface area (Å²) in [4.78, 5) is 10.2. The molecule has 10 heteroatoms.